The molecular formula is C15H17N3O2S. The van der Waals surface area contributed by atoms with Gasteiger partial charge in [0.15, 0.2) is 5.82 Å². The average Bonchev–Trinajstić information content (AvgIpc) is 3.04. The first-order chi connectivity index (χ1) is 10.2. The third kappa shape index (κ3) is 2.91. The van der Waals surface area contributed by atoms with Crippen LogP contribution in [-0.2, 0) is 10.0 Å². The van der Waals surface area contributed by atoms with Gasteiger partial charge in [0.1, 0.15) is 4.90 Å². The van der Waals surface area contributed by atoms with E-state index in [-0.39, 0.29) is 4.90 Å². The van der Waals surface area contributed by atoms with E-state index < -0.39 is 10.0 Å². The first kappa shape index (κ1) is 14.0. The number of rotatable bonds is 4. The van der Waals surface area contributed by atoms with Gasteiger partial charge in [-0.15, -0.1) is 0 Å². The molecule has 0 amide bonds. The van der Waals surface area contributed by atoms with Gasteiger partial charge in [0.25, 0.3) is 0 Å². The highest BCUT2D eigenvalue weighted by atomic mass is 32.2. The summed E-state index contributed by atoms with van der Waals surface area (Å²) < 4.78 is 26.9. The zero-order chi connectivity index (χ0) is 14.7. The molecule has 1 aromatic carbocycles. The fourth-order valence-corrected chi connectivity index (χ4v) is 4.03. The van der Waals surface area contributed by atoms with Crippen molar-refractivity contribution in [2.75, 3.05) is 18.4 Å². The second-order valence-electron chi connectivity index (χ2n) is 4.95. The number of hydrogen-bond donors (Lipinski definition) is 1. The highest BCUT2D eigenvalue weighted by molar-refractivity contribution is 7.89. The summed E-state index contributed by atoms with van der Waals surface area (Å²) in [5.41, 5.74) is 0.814. The van der Waals surface area contributed by atoms with Crippen molar-refractivity contribution < 1.29 is 8.42 Å². The van der Waals surface area contributed by atoms with E-state index in [1.807, 2.05) is 30.3 Å². The van der Waals surface area contributed by atoms with Crippen LogP contribution in [-0.4, -0.2) is 30.8 Å². The Labute approximate surface area is 124 Å². The van der Waals surface area contributed by atoms with Gasteiger partial charge in [0.05, 0.1) is 0 Å². The molecular weight excluding hydrogens is 286 g/mol. The summed E-state index contributed by atoms with van der Waals surface area (Å²) in [5, 5.41) is 3.09. The van der Waals surface area contributed by atoms with E-state index in [0.717, 1.165) is 18.5 Å². The third-order valence-corrected chi connectivity index (χ3v) is 5.42. The molecule has 21 heavy (non-hydrogen) atoms. The first-order valence-corrected chi connectivity index (χ1v) is 8.39. The molecule has 5 nitrogen and oxygen atoms in total. The van der Waals surface area contributed by atoms with E-state index in [0.29, 0.717) is 18.9 Å². The summed E-state index contributed by atoms with van der Waals surface area (Å²) in [6.45, 7) is 1.17. The van der Waals surface area contributed by atoms with Crippen molar-refractivity contribution in [2.45, 2.75) is 17.7 Å². The van der Waals surface area contributed by atoms with Crippen molar-refractivity contribution in [3.63, 3.8) is 0 Å². The molecule has 1 aliphatic rings. The van der Waals surface area contributed by atoms with Gasteiger partial charge >= 0.3 is 0 Å². The predicted molar refractivity (Wildman–Crippen MR) is 82.0 cm³/mol. The maximum atomic E-state index is 12.7. The van der Waals surface area contributed by atoms with Crippen LogP contribution in [0.1, 0.15) is 12.8 Å². The Bertz CT molecular complexity index is 711. The summed E-state index contributed by atoms with van der Waals surface area (Å²) in [5.74, 6) is 0.371. The van der Waals surface area contributed by atoms with Gasteiger partial charge in [-0.3, -0.25) is 0 Å². The van der Waals surface area contributed by atoms with Gasteiger partial charge in [0, 0.05) is 25.0 Å². The second kappa shape index (κ2) is 5.83. The van der Waals surface area contributed by atoms with Crippen molar-refractivity contribution >= 4 is 21.5 Å². The van der Waals surface area contributed by atoms with Crippen molar-refractivity contribution in [1.82, 2.24) is 9.29 Å². The molecule has 6 heteroatoms. The lowest BCUT2D eigenvalue weighted by Crippen LogP contribution is -2.28. The Morgan fingerprint density at radius 1 is 1.00 bits per heavy atom. The Hall–Kier alpha value is -1.92. The van der Waals surface area contributed by atoms with Crippen LogP contribution in [0.25, 0.3) is 0 Å². The number of sulfonamides is 1. The number of benzene rings is 1. The minimum absolute atomic E-state index is 0.232. The number of pyridine rings is 1. The Kier molecular flexibility index (Phi) is 3.90. The highest BCUT2D eigenvalue weighted by Crippen LogP contribution is 2.27. The van der Waals surface area contributed by atoms with Gasteiger partial charge in [-0.25, -0.2) is 13.4 Å². The standard InChI is InChI=1S/C15H17N3O2S/c19-21(20,18-11-4-5-12-18)14-9-6-10-16-15(14)17-13-7-2-1-3-8-13/h1-3,6-10H,4-5,11-12H2,(H,16,17). The van der Waals surface area contributed by atoms with Gasteiger partial charge in [0.2, 0.25) is 10.0 Å². The van der Waals surface area contributed by atoms with Crippen LogP contribution in [0, 0.1) is 0 Å². The minimum Gasteiger partial charge on any atom is -0.339 e. The lowest BCUT2D eigenvalue weighted by molar-refractivity contribution is 0.477. The van der Waals surface area contributed by atoms with Crippen molar-refractivity contribution in [2.24, 2.45) is 0 Å². The van der Waals surface area contributed by atoms with Crippen LogP contribution in [0.3, 0.4) is 0 Å². The number of anilines is 2. The van der Waals surface area contributed by atoms with Crippen LogP contribution in [0.2, 0.25) is 0 Å². The summed E-state index contributed by atoms with van der Waals surface area (Å²) in [7, 11) is -3.48. The number of aromatic nitrogens is 1. The molecule has 0 radical (unpaired) electrons. The zero-order valence-electron chi connectivity index (χ0n) is 11.6. The lowest BCUT2D eigenvalue weighted by Gasteiger charge is -2.18. The number of nitrogens with one attached hydrogen (secondary N) is 1. The number of hydrogen-bond acceptors (Lipinski definition) is 4. The predicted octanol–water partition coefficient (Wildman–Crippen LogP) is 2.61. The first-order valence-electron chi connectivity index (χ1n) is 6.95. The number of nitrogens with zero attached hydrogens (tertiary/aromatic N) is 2. The summed E-state index contributed by atoms with van der Waals surface area (Å²) in [6, 6.07) is 12.7. The molecule has 1 saturated heterocycles. The Morgan fingerprint density at radius 3 is 2.43 bits per heavy atom. The molecule has 3 rings (SSSR count). The van der Waals surface area contributed by atoms with Gasteiger partial charge in [-0.2, -0.15) is 4.31 Å². The average molecular weight is 303 g/mol. The molecule has 2 aromatic rings. The highest BCUT2D eigenvalue weighted by Gasteiger charge is 2.29. The summed E-state index contributed by atoms with van der Waals surface area (Å²) in [6.07, 6.45) is 3.43. The molecule has 1 fully saturated rings. The van der Waals surface area contributed by atoms with Crippen LogP contribution in [0.4, 0.5) is 11.5 Å². The molecule has 0 unspecified atom stereocenters. The molecule has 0 spiro atoms. The Balaban J connectivity index is 1.96. The van der Waals surface area contributed by atoms with Crippen molar-refractivity contribution in [3.8, 4) is 0 Å². The fraction of sp³-hybridized carbons (Fsp3) is 0.267. The Morgan fingerprint density at radius 2 is 1.71 bits per heavy atom. The monoisotopic (exact) mass is 303 g/mol. The quantitative estimate of drug-likeness (QED) is 0.943. The molecule has 0 atom stereocenters. The van der Waals surface area contributed by atoms with E-state index >= 15 is 0 Å². The molecule has 110 valence electrons. The van der Waals surface area contributed by atoms with E-state index in [4.69, 9.17) is 0 Å². The van der Waals surface area contributed by atoms with E-state index in [1.165, 1.54) is 4.31 Å². The maximum absolute atomic E-state index is 12.7. The largest absolute Gasteiger partial charge is 0.339 e. The van der Waals surface area contributed by atoms with Gasteiger partial charge in [-0.1, -0.05) is 18.2 Å². The molecule has 1 N–H and O–H groups in total. The summed E-state index contributed by atoms with van der Waals surface area (Å²) in [4.78, 5) is 4.43. The van der Waals surface area contributed by atoms with E-state index in [2.05, 4.69) is 10.3 Å². The minimum atomic E-state index is -3.48. The van der Waals surface area contributed by atoms with Crippen LogP contribution < -0.4 is 5.32 Å². The topological polar surface area (TPSA) is 62.3 Å². The van der Waals surface area contributed by atoms with Crippen molar-refractivity contribution in [3.05, 3.63) is 48.7 Å². The van der Waals surface area contributed by atoms with Gasteiger partial charge < -0.3 is 5.32 Å². The summed E-state index contributed by atoms with van der Waals surface area (Å²) >= 11 is 0. The molecule has 0 bridgehead atoms. The number of para-hydroxylation sites is 1. The normalized spacial score (nSPS) is 16.0. The lowest BCUT2D eigenvalue weighted by atomic mass is 10.3. The van der Waals surface area contributed by atoms with Gasteiger partial charge in [-0.05, 0) is 37.1 Å². The molecule has 1 aliphatic heterocycles. The van der Waals surface area contributed by atoms with Crippen LogP contribution in [0.5, 0.6) is 0 Å². The van der Waals surface area contributed by atoms with E-state index in [9.17, 15) is 8.42 Å². The molecule has 1 aromatic heterocycles. The molecule has 0 saturated carbocycles. The molecule has 2 heterocycles. The smallest absolute Gasteiger partial charge is 0.246 e. The van der Waals surface area contributed by atoms with E-state index in [1.54, 1.807) is 18.3 Å². The second-order valence-corrected chi connectivity index (χ2v) is 6.86. The van der Waals surface area contributed by atoms with Crippen molar-refractivity contribution in [1.29, 1.82) is 0 Å². The fourth-order valence-electron chi connectivity index (χ4n) is 2.42. The maximum Gasteiger partial charge on any atom is 0.246 e. The molecule has 0 aliphatic carbocycles. The van der Waals surface area contributed by atoms with Crippen LogP contribution in [0.15, 0.2) is 53.6 Å². The van der Waals surface area contributed by atoms with Crippen LogP contribution >= 0.6 is 0 Å². The SMILES string of the molecule is O=S(=O)(c1cccnc1Nc1ccccc1)N1CCCC1. The zero-order valence-corrected chi connectivity index (χ0v) is 12.4. The third-order valence-electron chi connectivity index (χ3n) is 3.49.